The van der Waals surface area contributed by atoms with Crippen LogP contribution in [0.15, 0.2) is 0 Å². The van der Waals surface area contributed by atoms with Gasteiger partial charge in [0.1, 0.15) is 0 Å². The minimum absolute atomic E-state index is 0. The largest absolute Gasteiger partial charge is 0.314 e. The molecule has 1 atom stereocenters. The Morgan fingerprint density at radius 3 is 2.07 bits per heavy atom. The second-order valence-electron chi connectivity index (χ2n) is 5.24. The Labute approximate surface area is 101 Å². The third-order valence-electron chi connectivity index (χ3n) is 4.00. The maximum Gasteiger partial charge on any atom is 0.00697 e. The van der Waals surface area contributed by atoms with Gasteiger partial charge in [-0.2, -0.15) is 0 Å². The summed E-state index contributed by atoms with van der Waals surface area (Å²) in [5, 5.41) is 3.69. The molecule has 2 fully saturated rings. The lowest BCUT2D eigenvalue weighted by molar-refractivity contribution is 0.308. The van der Waals surface area contributed by atoms with Gasteiger partial charge in [0.25, 0.3) is 0 Å². The first-order chi connectivity index (χ1) is 6.95. The van der Waals surface area contributed by atoms with E-state index in [0.717, 1.165) is 12.0 Å². The van der Waals surface area contributed by atoms with Crippen molar-refractivity contribution in [3.05, 3.63) is 0 Å². The predicted octanol–water partition coefficient (Wildman–Crippen LogP) is 3.91. The number of hydrogen-bond donors (Lipinski definition) is 1. The molecule has 0 aromatic rings. The molecule has 1 nitrogen and oxygen atoms in total. The molecule has 1 saturated carbocycles. The van der Waals surface area contributed by atoms with Crippen molar-refractivity contribution >= 4 is 12.4 Å². The minimum atomic E-state index is 0. The Morgan fingerprint density at radius 2 is 1.47 bits per heavy atom. The fourth-order valence-electron chi connectivity index (χ4n) is 3.13. The van der Waals surface area contributed by atoms with Crippen LogP contribution in [-0.2, 0) is 0 Å². The zero-order valence-corrected chi connectivity index (χ0v) is 10.7. The number of rotatable bonds is 2. The van der Waals surface area contributed by atoms with Gasteiger partial charge in [-0.05, 0) is 31.7 Å². The SMILES string of the molecule is C1CCCC(CC2CCCCN2)CC1.Cl. The van der Waals surface area contributed by atoms with E-state index < -0.39 is 0 Å². The lowest BCUT2D eigenvalue weighted by Gasteiger charge is -2.27. The van der Waals surface area contributed by atoms with E-state index in [0.29, 0.717) is 0 Å². The highest BCUT2D eigenvalue weighted by Crippen LogP contribution is 2.28. The van der Waals surface area contributed by atoms with Crippen LogP contribution in [0.5, 0.6) is 0 Å². The van der Waals surface area contributed by atoms with E-state index >= 15 is 0 Å². The standard InChI is InChI=1S/C13H25N.ClH/c1-2-4-8-12(7-3-1)11-13-9-5-6-10-14-13;/h12-14H,1-11H2;1H. The molecule has 1 aliphatic carbocycles. The molecule has 2 rings (SSSR count). The highest BCUT2D eigenvalue weighted by Gasteiger charge is 2.19. The molecule has 0 bridgehead atoms. The van der Waals surface area contributed by atoms with Crippen molar-refractivity contribution in [1.29, 1.82) is 0 Å². The number of nitrogens with one attached hydrogen (secondary N) is 1. The fourth-order valence-corrected chi connectivity index (χ4v) is 3.13. The molecule has 0 spiro atoms. The van der Waals surface area contributed by atoms with Gasteiger partial charge < -0.3 is 5.32 Å². The van der Waals surface area contributed by atoms with Gasteiger partial charge in [-0.15, -0.1) is 12.4 Å². The Bertz CT molecular complexity index is 147. The minimum Gasteiger partial charge on any atom is -0.314 e. The van der Waals surface area contributed by atoms with Crippen LogP contribution in [0.3, 0.4) is 0 Å². The molecular formula is C13H26ClN. The number of piperidine rings is 1. The predicted molar refractivity (Wildman–Crippen MR) is 68.7 cm³/mol. The molecule has 0 radical (unpaired) electrons. The van der Waals surface area contributed by atoms with Gasteiger partial charge in [0.15, 0.2) is 0 Å². The van der Waals surface area contributed by atoms with Crippen molar-refractivity contribution in [2.75, 3.05) is 6.54 Å². The van der Waals surface area contributed by atoms with Crippen molar-refractivity contribution in [3.63, 3.8) is 0 Å². The summed E-state index contributed by atoms with van der Waals surface area (Å²) in [5.74, 6) is 1.05. The zero-order chi connectivity index (χ0) is 9.64. The third kappa shape index (κ3) is 4.74. The lowest BCUT2D eigenvalue weighted by Crippen LogP contribution is -2.35. The van der Waals surface area contributed by atoms with E-state index in [1.54, 1.807) is 0 Å². The van der Waals surface area contributed by atoms with E-state index in [9.17, 15) is 0 Å². The van der Waals surface area contributed by atoms with Crippen LogP contribution in [0, 0.1) is 5.92 Å². The van der Waals surface area contributed by atoms with Crippen LogP contribution in [0.25, 0.3) is 0 Å². The first kappa shape index (κ1) is 13.3. The van der Waals surface area contributed by atoms with Crippen LogP contribution < -0.4 is 5.32 Å². The summed E-state index contributed by atoms with van der Waals surface area (Å²) in [5.41, 5.74) is 0. The summed E-state index contributed by atoms with van der Waals surface area (Å²) in [6, 6.07) is 0.867. The van der Waals surface area contributed by atoms with Crippen LogP contribution in [0.2, 0.25) is 0 Å². The van der Waals surface area contributed by atoms with Gasteiger partial charge in [-0.3, -0.25) is 0 Å². The van der Waals surface area contributed by atoms with Gasteiger partial charge in [0.2, 0.25) is 0 Å². The van der Waals surface area contributed by atoms with Crippen molar-refractivity contribution in [2.45, 2.75) is 70.3 Å². The molecule has 1 aliphatic heterocycles. The summed E-state index contributed by atoms with van der Waals surface area (Å²) in [4.78, 5) is 0. The van der Waals surface area contributed by atoms with E-state index in [1.165, 1.54) is 70.8 Å². The van der Waals surface area contributed by atoms with E-state index in [1.807, 2.05) is 0 Å². The highest BCUT2D eigenvalue weighted by atomic mass is 35.5. The topological polar surface area (TPSA) is 12.0 Å². The highest BCUT2D eigenvalue weighted by molar-refractivity contribution is 5.85. The quantitative estimate of drug-likeness (QED) is 0.711. The van der Waals surface area contributed by atoms with Crippen molar-refractivity contribution < 1.29 is 0 Å². The Morgan fingerprint density at radius 1 is 0.800 bits per heavy atom. The molecule has 2 aliphatic rings. The van der Waals surface area contributed by atoms with Gasteiger partial charge in [0.05, 0.1) is 0 Å². The van der Waals surface area contributed by atoms with E-state index in [2.05, 4.69) is 5.32 Å². The van der Waals surface area contributed by atoms with Crippen molar-refractivity contribution in [2.24, 2.45) is 5.92 Å². The molecule has 15 heavy (non-hydrogen) atoms. The molecule has 2 heteroatoms. The smallest absolute Gasteiger partial charge is 0.00697 e. The van der Waals surface area contributed by atoms with E-state index in [4.69, 9.17) is 0 Å². The third-order valence-corrected chi connectivity index (χ3v) is 4.00. The Kier molecular flexibility index (Phi) is 6.67. The summed E-state index contributed by atoms with van der Waals surface area (Å²) in [6.07, 6.45) is 14.8. The van der Waals surface area contributed by atoms with Gasteiger partial charge in [-0.1, -0.05) is 44.9 Å². The number of halogens is 1. The molecule has 0 amide bonds. The molecule has 1 N–H and O–H groups in total. The van der Waals surface area contributed by atoms with Crippen LogP contribution in [0.4, 0.5) is 0 Å². The van der Waals surface area contributed by atoms with Crippen LogP contribution in [0.1, 0.15) is 64.2 Å². The summed E-state index contributed by atoms with van der Waals surface area (Å²) >= 11 is 0. The maximum absolute atomic E-state index is 3.69. The van der Waals surface area contributed by atoms with Crippen LogP contribution in [-0.4, -0.2) is 12.6 Å². The first-order valence-electron chi connectivity index (χ1n) is 6.68. The first-order valence-corrected chi connectivity index (χ1v) is 6.68. The Hall–Kier alpha value is 0.250. The van der Waals surface area contributed by atoms with Crippen LogP contribution >= 0.6 is 12.4 Å². The van der Waals surface area contributed by atoms with Crippen molar-refractivity contribution in [1.82, 2.24) is 5.32 Å². The number of hydrogen-bond acceptors (Lipinski definition) is 1. The second kappa shape index (κ2) is 7.51. The van der Waals surface area contributed by atoms with Gasteiger partial charge in [-0.25, -0.2) is 0 Å². The van der Waals surface area contributed by atoms with E-state index in [-0.39, 0.29) is 12.4 Å². The maximum atomic E-state index is 3.69. The molecular weight excluding hydrogens is 206 g/mol. The lowest BCUT2D eigenvalue weighted by atomic mass is 9.89. The average Bonchev–Trinajstić information content (AvgIpc) is 2.48. The van der Waals surface area contributed by atoms with Gasteiger partial charge in [0, 0.05) is 6.04 Å². The summed E-state index contributed by atoms with van der Waals surface area (Å²) in [6.45, 7) is 1.28. The van der Waals surface area contributed by atoms with Gasteiger partial charge >= 0.3 is 0 Å². The Balaban J connectivity index is 0.00000112. The monoisotopic (exact) mass is 231 g/mol. The molecule has 1 saturated heterocycles. The molecule has 0 aromatic heterocycles. The molecule has 0 aromatic carbocycles. The zero-order valence-electron chi connectivity index (χ0n) is 9.84. The normalized spacial score (nSPS) is 29.2. The second-order valence-corrected chi connectivity index (χ2v) is 5.24. The molecule has 1 heterocycles. The van der Waals surface area contributed by atoms with Crippen molar-refractivity contribution in [3.8, 4) is 0 Å². The molecule has 90 valence electrons. The summed E-state index contributed by atoms with van der Waals surface area (Å²) in [7, 11) is 0. The molecule has 1 unspecified atom stereocenters. The average molecular weight is 232 g/mol. The fraction of sp³-hybridized carbons (Fsp3) is 1.00. The summed E-state index contributed by atoms with van der Waals surface area (Å²) < 4.78 is 0.